The first kappa shape index (κ1) is 23.4. The summed E-state index contributed by atoms with van der Waals surface area (Å²) in [6, 6.07) is 12.9. The lowest BCUT2D eigenvalue weighted by atomic mass is 10.0. The molecule has 170 valence electrons. The Morgan fingerprint density at radius 1 is 1.19 bits per heavy atom. The Balaban J connectivity index is 1.26. The third-order valence-corrected chi connectivity index (χ3v) is 8.39. The number of halogens is 2. The summed E-state index contributed by atoms with van der Waals surface area (Å²) in [6.45, 7) is 3.87. The van der Waals surface area contributed by atoms with Crippen LogP contribution < -0.4 is 10.6 Å². The minimum Gasteiger partial charge on any atom is -0.354 e. The van der Waals surface area contributed by atoms with E-state index in [9.17, 15) is 9.59 Å². The predicted molar refractivity (Wildman–Crippen MR) is 132 cm³/mol. The number of carbonyl (C=O) groups is 2. The van der Waals surface area contributed by atoms with Crippen LogP contribution in [0, 0.1) is 6.92 Å². The van der Waals surface area contributed by atoms with E-state index in [1.54, 1.807) is 23.9 Å². The van der Waals surface area contributed by atoms with Gasteiger partial charge in [-0.2, -0.15) is 0 Å². The van der Waals surface area contributed by atoms with E-state index in [4.69, 9.17) is 23.2 Å². The average molecular weight is 492 g/mol. The standard InChI is InChI=1S/C24H27Cl2N3O2S/c1-16-4-2-3-5-19(16)23(31)29-12-9-24(10-13-29)28-21(15-32-24)22(30)27-11-8-17-6-7-18(25)14-20(17)26/h2-7,14,21,28H,8-13,15H2,1H3,(H,27,30). The minimum absolute atomic E-state index is 0.0119. The topological polar surface area (TPSA) is 61.4 Å². The fourth-order valence-corrected chi connectivity index (χ4v) is 6.22. The van der Waals surface area contributed by atoms with E-state index in [2.05, 4.69) is 10.6 Å². The number of benzene rings is 2. The molecule has 0 bridgehead atoms. The number of nitrogens with zero attached hydrogens (tertiary/aromatic N) is 1. The van der Waals surface area contributed by atoms with Crippen molar-refractivity contribution in [2.45, 2.75) is 37.1 Å². The molecule has 2 amide bonds. The van der Waals surface area contributed by atoms with E-state index in [1.807, 2.05) is 42.2 Å². The maximum atomic E-state index is 12.9. The van der Waals surface area contributed by atoms with E-state index >= 15 is 0 Å². The van der Waals surface area contributed by atoms with Crippen molar-refractivity contribution in [3.8, 4) is 0 Å². The highest BCUT2D eigenvalue weighted by molar-refractivity contribution is 8.01. The molecule has 2 N–H and O–H groups in total. The molecule has 2 aliphatic heterocycles. The molecule has 32 heavy (non-hydrogen) atoms. The van der Waals surface area contributed by atoms with Crippen LogP contribution in [-0.2, 0) is 11.2 Å². The molecule has 4 rings (SSSR count). The van der Waals surface area contributed by atoms with Crippen molar-refractivity contribution in [1.29, 1.82) is 0 Å². The normalized spacial score (nSPS) is 19.8. The average Bonchev–Trinajstić information content (AvgIpc) is 3.19. The summed E-state index contributed by atoms with van der Waals surface area (Å²) in [7, 11) is 0. The highest BCUT2D eigenvalue weighted by Gasteiger charge is 2.44. The first-order chi connectivity index (χ1) is 15.4. The fourth-order valence-electron chi connectivity index (χ4n) is 4.30. The zero-order chi connectivity index (χ0) is 22.7. The van der Waals surface area contributed by atoms with Gasteiger partial charge < -0.3 is 10.2 Å². The van der Waals surface area contributed by atoms with Crippen molar-refractivity contribution in [1.82, 2.24) is 15.5 Å². The number of hydrogen-bond donors (Lipinski definition) is 2. The Labute approximate surface area is 203 Å². The van der Waals surface area contributed by atoms with Crippen LogP contribution in [0.4, 0.5) is 0 Å². The van der Waals surface area contributed by atoms with Gasteiger partial charge in [-0.05, 0) is 55.5 Å². The minimum atomic E-state index is -0.223. The number of piperidine rings is 1. The highest BCUT2D eigenvalue weighted by atomic mass is 35.5. The Kier molecular flexibility index (Phi) is 7.35. The molecule has 0 aliphatic carbocycles. The van der Waals surface area contributed by atoms with E-state index < -0.39 is 0 Å². The van der Waals surface area contributed by atoms with Gasteiger partial charge in [0.2, 0.25) is 5.91 Å². The monoisotopic (exact) mass is 491 g/mol. The summed E-state index contributed by atoms with van der Waals surface area (Å²) >= 11 is 13.9. The SMILES string of the molecule is Cc1ccccc1C(=O)N1CCC2(CC1)NC(C(=O)NCCc1ccc(Cl)cc1Cl)CS2. The van der Waals surface area contributed by atoms with Crippen molar-refractivity contribution in [3.63, 3.8) is 0 Å². The highest BCUT2D eigenvalue weighted by Crippen LogP contribution is 2.39. The summed E-state index contributed by atoms with van der Waals surface area (Å²) in [5.74, 6) is 0.841. The molecule has 0 radical (unpaired) electrons. The Bertz CT molecular complexity index is 1010. The van der Waals surface area contributed by atoms with Gasteiger partial charge >= 0.3 is 0 Å². The van der Waals surface area contributed by atoms with Crippen molar-refractivity contribution < 1.29 is 9.59 Å². The molecule has 2 fully saturated rings. The number of hydrogen-bond acceptors (Lipinski definition) is 4. The zero-order valence-electron chi connectivity index (χ0n) is 18.0. The summed E-state index contributed by atoms with van der Waals surface area (Å²) < 4.78 is 0. The molecule has 2 aromatic carbocycles. The number of likely N-dealkylation sites (tertiary alicyclic amines) is 1. The molecule has 0 saturated carbocycles. The van der Waals surface area contributed by atoms with Crippen LogP contribution in [0.2, 0.25) is 10.0 Å². The smallest absolute Gasteiger partial charge is 0.254 e. The van der Waals surface area contributed by atoms with Gasteiger partial charge in [-0.1, -0.05) is 47.5 Å². The second-order valence-electron chi connectivity index (χ2n) is 8.39. The van der Waals surface area contributed by atoms with Crippen LogP contribution in [0.25, 0.3) is 0 Å². The Morgan fingerprint density at radius 3 is 2.66 bits per heavy atom. The summed E-state index contributed by atoms with van der Waals surface area (Å²) in [5, 5.41) is 7.80. The van der Waals surface area contributed by atoms with Crippen LogP contribution in [0.5, 0.6) is 0 Å². The first-order valence-electron chi connectivity index (χ1n) is 10.9. The molecule has 1 spiro atoms. The van der Waals surface area contributed by atoms with Crippen LogP contribution in [0.1, 0.15) is 34.3 Å². The molecule has 2 aliphatic rings. The summed E-state index contributed by atoms with van der Waals surface area (Å²) in [6.07, 6.45) is 2.32. The molecule has 5 nitrogen and oxygen atoms in total. The molecule has 2 saturated heterocycles. The zero-order valence-corrected chi connectivity index (χ0v) is 20.3. The quantitative estimate of drug-likeness (QED) is 0.654. The van der Waals surface area contributed by atoms with Crippen LogP contribution >= 0.6 is 35.0 Å². The van der Waals surface area contributed by atoms with Gasteiger partial charge in [0.05, 0.1) is 10.9 Å². The van der Waals surface area contributed by atoms with Crippen LogP contribution in [-0.4, -0.2) is 53.0 Å². The van der Waals surface area contributed by atoms with Crippen molar-refractivity contribution in [2.75, 3.05) is 25.4 Å². The van der Waals surface area contributed by atoms with Gasteiger partial charge in [-0.3, -0.25) is 14.9 Å². The predicted octanol–water partition coefficient (Wildman–Crippen LogP) is 4.30. The maximum absolute atomic E-state index is 12.9. The number of carbonyl (C=O) groups excluding carboxylic acids is 2. The molecule has 8 heteroatoms. The van der Waals surface area contributed by atoms with Gasteiger partial charge in [-0.25, -0.2) is 0 Å². The van der Waals surface area contributed by atoms with Crippen molar-refractivity contribution >= 4 is 46.8 Å². The number of nitrogens with one attached hydrogen (secondary N) is 2. The fraction of sp³-hybridized carbons (Fsp3) is 0.417. The van der Waals surface area contributed by atoms with Gasteiger partial charge in [0.25, 0.3) is 5.91 Å². The Morgan fingerprint density at radius 2 is 1.94 bits per heavy atom. The maximum Gasteiger partial charge on any atom is 0.254 e. The molecule has 2 aromatic rings. The van der Waals surface area contributed by atoms with E-state index in [-0.39, 0.29) is 22.7 Å². The van der Waals surface area contributed by atoms with Crippen LogP contribution in [0.15, 0.2) is 42.5 Å². The number of rotatable bonds is 5. The van der Waals surface area contributed by atoms with Gasteiger partial charge in [0, 0.05) is 41.0 Å². The third-order valence-electron chi connectivity index (χ3n) is 6.22. The number of thioether (sulfide) groups is 1. The van der Waals surface area contributed by atoms with E-state index in [1.165, 1.54) is 0 Å². The number of aryl methyl sites for hydroxylation is 1. The summed E-state index contributed by atoms with van der Waals surface area (Å²) in [5.41, 5.74) is 2.74. The van der Waals surface area contributed by atoms with E-state index in [0.717, 1.165) is 35.3 Å². The third kappa shape index (κ3) is 5.25. The first-order valence-corrected chi connectivity index (χ1v) is 12.6. The number of amides is 2. The molecule has 0 aromatic heterocycles. The molecular weight excluding hydrogens is 465 g/mol. The molecular formula is C24H27Cl2N3O2S. The van der Waals surface area contributed by atoms with E-state index in [0.29, 0.717) is 36.1 Å². The molecule has 1 atom stereocenters. The van der Waals surface area contributed by atoms with Crippen LogP contribution in [0.3, 0.4) is 0 Å². The second-order valence-corrected chi connectivity index (χ2v) is 10.6. The molecule has 2 heterocycles. The Hall–Kier alpha value is -1.73. The van der Waals surface area contributed by atoms with Crippen molar-refractivity contribution in [3.05, 3.63) is 69.2 Å². The van der Waals surface area contributed by atoms with Gasteiger partial charge in [0.1, 0.15) is 0 Å². The lowest BCUT2D eigenvalue weighted by molar-refractivity contribution is -0.122. The van der Waals surface area contributed by atoms with Crippen molar-refractivity contribution in [2.24, 2.45) is 0 Å². The van der Waals surface area contributed by atoms with Gasteiger partial charge in [0.15, 0.2) is 0 Å². The lowest BCUT2D eigenvalue weighted by Gasteiger charge is -2.39. The molecule has 1 unspecified atom stereocenters. The second kappa shape index (κ2) is 10.0. The summed E-state index contributed by atoms with van der Waals surface area (Å²) in [4.78, 5) is 27.4. The van der Waals surface area contributed by atoms with Gasteiger partial charge in [-0.15, -0.1) is 11.8 Å². The lowest BCUT2D eigenvalue weighted by Crippen LogP contribution is -2.54. The largest absolute Gasteiger partial charge is 0.354 e.